The van der Waals surface area contributed by atoms with Crippen LogP contribution in [0.1, 0.15) is 24.3 Å². The number of nitrogens with zero attached hydrogens (tertiary/aromatic N) is 2. The highest BCUT2D eigenvalue weighted by atomic mass is 15.1. The summed E-state index contributed by atoms with van der Waals surface area (Å²) in [4.78, 5) is 10.5. The van der Waals surface area contributed by atoms with E-state index in [1.807, 2.05) is 12.3 Å². The number of fused-ring (bicyclic) bond motifs is 2. The lowest BCUT2D eigenvalue weighted by Gasteiger charge is -2.28. The molecule has 5 rings (SSSR count). The molecule has 0 atom stereocenters. The third-order valence-electron chi connectivity index (χ3n) is 5.80. The second-order valence-corrected chi connectivity index (χ2v) is 7.50. The van der Waals surface area contributed by atoms with Gasteiger partial charge in [-0.05, 0) is 74.3 Å². The highest BCUT2D eigenvalue weighted by Gasteiger charge is 2.21. The van der Waals surface area contributed by atoms with Crippen LogP contribution in [0.3, 0.4) is 0 Å². The van der Waals surface area contributed by atoms with Crippen LogP contribution in [-0.4, -0.2) is 35.0 Å². The van der Waals surface area contributed by atoms with Crippen molar-refractivity contribution in [1.29, 1.82) is 0 Å². The highest BCUT2D eigenvalue weighted by molar-refractivity contribution is 5.90. The Kier molecular flexibility index (Phi) is 3.75. The van der Waals surface area contributed by atoms with Gasteiger partial charge in [0, 0.05) is 34.2 Å². The van der Waals surface area contributed by atoms with Gasteiger partial charge in [-0.15, -0.1) is 0 Å². The summed E-state index contributed by atoms with van der Waals surface area (Å²) in [6.45, 7) is 2.37. The summed E-state index contributed by atoms with van der Waals surface area (Å²) in [5.74, 6) is 0.657. The Morgan fingerprint density at radius 3 is 2.73 bits per heavy atom. The van der Waals surface area contributed by atoms with Crippen molar-refractivity contribution in [2.45, 2.75) is 18.8 Å². The first-order chi connectivity index (χ1) is 12.8. The molecule has 0 saturated carbocycles. The van der Waals surface area contributed by atoms with Crippen LogP contribution in [0.25, 0.3) is 32.9 Å². The summed E-state index contributed by atoms with van der Waals surface area (Å²) in [5, 5.41) is 2.56. The largest absolute Gasteiger partial charge is 0.361 e. The fourth-order valence-corrected chi connectivity index (χ4v) is 4.21. The van der Waals surface area contributed by atoms with Crippen LogP contribution in [0, 0.1) is 0 Å². The molecule has 0 unspecified atom stereocenters. The van der Waals surface area contributed by atoms with Crippen LogP contribution in [0.2, 0.25) is 0 Å². The molecule has 1 N–H and O–H groups in total. The van der Waals surface area contributed by atoms with Gasteiger partial charge in [-0.25, -0.2) is 0 Å². The van der Waals surface area contributed by atoms with Crippen LogP contribution >= 0.6 is 0 Å². The lowest BCUT2D eigenvalue weighted by molar-refractivity contribution is 0.256. The molecule has 0 radical (unpaired) electrons. The van der Waals surface area contributed by atoms with Crippen molar-refractivity contribution in [1.82, 2.24) is 14.9 Å². The maximum absolute atomic E-state index is 4.63. The summed E-state index contributed by atoms with van der Waals surface area (Å²) >= 11 is 0. The number of benzene rings is 2. The Balaban J connectivity index is 1.57. The maximum Gasteiger partial charge on any atom is 0.0702 e. The zero-order valence-corrected chi connectivity index (χ0v) is 15.1. The molecule has 3 heterocycles. The summed E-state index contributed by atoms with van der Waals surface area (Å²) in [6, 6.07) is 17.3. The lowest BCUT2D eigenvalue weighted by Crippen LogP contribution is -2.29. The second-order valence-electron chi connectivity index (χ2n) is 7.50. The minimum absolute atomic E-state index is 0.657. The molecule has 130 valence electrons. The number of rotatable bonds is 2. The van der Waals surface area contributed by atoms with Crippen molar-refractivity contribution in [3.05, 3.63) is 66.5 Å². The molecule has 26 heavy (non-hydrogen) atoms. The average Bonchev–Trinajstić information content (AvgIpc) is 3.11. The van der Waals surface area contributed by atoms with Crippen molar-refractivity contribution in [2.75, 3.05) is 20.1 Å². The number of aromatic nitrogens is 2. The molecule has 1 saturated heterocycles. The monoisotopic (exact) mass is 341 g/mol. The zero-order chi connectivity index (χ0) is 17.5. The quantitative estimate of drug-likeness (QED) is 0.544. The molecule has 0 amide bonds. The fourth-order valence-electron chi connectivity index (χ4n) is 4.21. The van der Waals surface area contributed by atoms with Gasteiger partial charge in [0.25, 0.3) is 0 Å². The van der Waals surface area contributed by atoms with E-state index in [-0.39, 0.29) is 0 Å². The van der Waals surface area contributed by atoms with E-state index in [1.54, 1.807) is 0 Å². The number of hydrogen-bond donors (Lipinski definition) is 1. The topological polar surface area (TPSA) is 31.9 Å². The third-order valence-corrected chi connectivity index (χ3v) is 5.80. The minimum Gasteiger partial charge on any atom is -0.361 e. The second kappa shape index (κ2) is 6.26. The van der Waals surface area contributed by atoms with Gasteiger partial charge in [-0.2, -0.15) is 0 Å². The Labute approximate surface area is 153 Å². The van der Waals surface area contributed by atoms with Crippen LogP contribution in [-0.2, 0) is 0 Å². The SMILES string of the molecule is CN1CCC(c2c[nH]c3ccc(-c4cnc5ccccc5c4)cc23)CC1. The molecule has 1 aliphatic heterocycles. The molecular formula is C23H23N3. The first-order valence-electron chi connectivity index (χ1n) is 9.43. The molecule has 0 bridgehead atoms. The van der Waals surface area contributed by atoms with Crippen LogP contribution in [0.4, 0.5) is 0 Å². The van der Waals surface area contributed by atoms with E-state index in [4.69, 9.17) is 0 Å². The maximum atomic E-state index is 4.63. The zero-order valence-electron chi connectivity index (χ0n) is 15.1. The molecule has 2 aromatic carbocycles. The van der Waals surface area contributed by atoms with Gasteiger partial charge in [-0.1, -0.05) is 24.3 Å². The number of para-hydroxylation sites is 1. The average molecular weight is 341 g/mol. The van der Waals surface area contributed by atoms with Crippen molar-refractivity contribution < 1.29 is 0 Å². The molecule has 1 aliphatic rings. The molecule has 0 spiro atoms. The van der Waals surface area contributed by atoms with Crippen molar-refractivity contribution in [3.8, 4) is 11.1 Å². The smallest absolute Gasteiger partial charge is 0.0702 e. The number of hydrogen-bond acceptors (Lipinski definition) is 2. The van der Waals surface area contributed by atoms with Gasteiger partial charge in [-0.3, -0.25) is 4.98 Å². The first-order valence-corrected chi connectivity index (χ1v) is 9.43. The van der Waals surface area contributed by atoms with E-state index in [0.717, 1.165) is 5.52 Å². The summed E-state index contributed by atoms with van der Waals surface area (Å²) in [5.41, 5.74) is 6.18. The Bertz CT molecular complexity index is 1070. The van der Waals surface area contributed by atoms with Crippen molar-refractivity contribution >= 4 is 21.8 Å². The third kappa shape index (κ3) is 2.69. The molecule has 4 aromatic rings. The summed E-state index contributed by atoms with van der Waals surface area (Å²) in [6.07, 6.45) is 6.70. The van der Waals surface area contributed by atoms with Crippen LogP contribution < -0.4 is 0 Å². The minimum atomic E-state index is 0.657. The number of pyridine rings is 1. The number of likely N-dealkylation sites (tertiary alicyclic amines) is 1. The number of aromatic amines is 1. The number of H-pyrrole nitrogens is 1. The first kappa shape index (κ1) is 15.6. The Hall–Kier alpha value is -2.65. The van der Waals surface area contributed by atoms with E-state index in [2.05, 4.69) is 70.6 Å². The molecule has 1 fully saturated rings. The normalized spacial score (nSPS) is 16.5. The van der Waals surface area contributed by atoms with Crippen molar-refractivity contribution in [2.24, 2.45) is 0 Å². The standard InChI is InChI=1S/C23H23N3/c1-26-10-8-16(9-11-26)21-15-25-23-7-6-17(13-20(21)23)19-12-18-4-2-3-5-22(18)24-14-19/h2-7,12-16,25H,8-11H2,1H3. The van der Waals surface area contributed by atoms with Crippen molar-refractivity contribution in [3.63, 3.8) is 0 Å². The van der Waals surface area contributed by atoms with E-state index >= 15 is 0 Å². The van der Waals surface area contributed by atoms with E-state index < -0.39 is 0 Å². The molecule has 2 aromatic heterocycles. The number of nitrogens with one attached hydrogen (secondary N) is 1. The summed E-state index contributed by atoms with van der Waals surface area (Å²) < 4.78 is 0. The highest BCUT2D eigenvalue weighted by Crippen LogP contribution is 2.35. The Morgan fingerprint density at radius 2 is 1.85 bits per heavy atom. The molecular weight excluding hydrogens is 318 g/mol. The van der Waals surface area contributed by atoms with Gasteiger partial charge >= 0.3 is 0 Å². The summed E-state index contributed by atoms with van der Waals surface area (Å²) in [7, 11) is 2.22. The predicted molar refractivity (Wildman–Crippen MR) is 109 cm³/mol. The Morgan fingerprint density at radius 1 is 1.00 bits per heavy atom. The van der Waals surface area contributed by atoms with Gasteiger partial charge < -0.3 is 9.88 Å². The van der Waals surface area contributed by atoms with Crippen LogP contribution in [0.5, 0.6) is 0 Å². The van der Waals surface area contributed by atoms with Gasteiger partial charge in [0.1, 0.15) is 0 Å². The molecule has 0 aliphatic carbocycles. The van der Waals surface area contributed by atoms with Gasteiger partial charge in [0.05, 0.1) is 5.52 Å². The predicted octanol–water partition coefficient (Wildman–Crippen LogP) is 5.19. The van der Waals surface area contributed by atoms with Crippen LogP contribution in [0.15, 0.2) is 60.9 Å². The van der Waals surface area contributed by atoms with E-state index in [9.17, 15) is 0 Å². The lowest BCUT2D eigenvalue weighted by atomic mass is 9.89. The van der Waals surface area contributed by atoms with Gasteiger partial charge in [0.15, 0.2) is 0 Å². The molecule has 3 nitrogen and oxygen atoms in total. The van der Waals surface area contributed by atoms with Gasteiger partial charge in [0.2, 0.25) is 0 Å². The fraction of sp³-hybridized carbons (Fsp3) is 0.261. The number of piperidine rings is 1. The van der Waals surface area contributed by atoms with E-state index in [1.165, 1.54) is 58.9 Å². The van der Waals surface area contributed by atoms with E-state index in [0.29, 0.717) is 5.92 Å². The molecule has 3 heteroatoms.